The predicted molar refractivity (Wildman–Crippen MR) is 316 cm³/mol. The van der Waals surface area contributed by atoms with Gasteiger partial charge in [-0.2, -0.15) is 0 Å². The number of aliphatic hydroxyl groups excluding tert-OH is 2. The van der Waals surface area contributed by atoms with E-state index in [-0.39, 0.29) is 90.0 Å². The predicted octanol–water partition coefficient (Wildman–Crippen LogP) is -5.24. The molecule has 2 rings (SSSR count). The van der Waals surface area contributed by atoms with E-state index in [0.29, 0.717) is 17.9 Å². The zero-order valence-corrected chi connectivity index (χ0v) is 50.2. The molecule has 1 aliphatic heterocycles. The van der Waals surface area contributed by atoms with Gasteiger partial charge in [-0.15, -0.1) is 0 Å². The van der Waals surface area contributed by atoms with Gasteiger partial charge in [0.15, 0.2) is 0 Å². The third-order valence-corrected chi connectivity index (χ3v) is 14.3. The van der Waals surface area contributed by atoms with Crippen LogP contribution >= 0.6 is 0 Å². The summed E-state index contributed by atoms with van der Waals surface area (Å²) in [6, 6.07) is -6.23. The van der Waals surface area contributed by atoms with Gasteiger partial charge in [0.25, 0.3) is 0 Å². The van der Waals surface area contributed by atoms with Crippen LogP contribution in [0.1, 0.15) is 124 Å². The van der Waals surface area contributed by atoms with Gasteiger partial charge in [0.05, 0.1) is 12.2 Å². The van der Waals surface area contributed by atoms with Crippen molar-refractivity contribution in [3.8, 4) is 0 Å². The molecule has 1 aromatic carbocycles. The van der Waals surface area contributed by atoms with Crippen molar-refractivity contribution in [1.82, 2.24) is 58.5 Å². The molecule has 11 amide bonds. The Morgan fingerprint density at radius 1 is 0.565 bits per heavy atom. The number of hydrogen-bond acceptors (Lipinski definition) is 18. The van der Waals surface area contributed by atoms with Crippen molar-refractivity contribution < 1.29 is 63.0 Å². The second-order valence-electron chi connectivity index (χ2n) is 22.0. The van der Waals surface area contributed by atoms with Gasteiger partial charge in [-0.05, 0) is 115 Å². The van der Waals surface area contributed by atoms with Crippen molar-refractivity contribution in [1.29, 1.82) is 0 Å². The van der Waals surface area contributed by atoms with Crippen molar-refractivity contribution in [2.45, 2.75) is 198 Å². The standard InChI is InChI=1S/C56H98N16O13/c1-7-32(4)13-11-12-16-44(75)63-36(17-23-57)51(80)72-46(34(6)74)56(85)68-39(20-26-60)48(77)67-41-22-28-62-55(84)45(33(5)73)71-52(81)40(21-27-61)65-47(76)37(18-24-58)66-53(82)42(29-31(2)3)69-54(83)43(30-35-14-9-8-10-15-35)70-49(78)38(19-25-59)64-50(41)79/h8-10,14-15,31-34,36-43,45-46,73-74H,7,11-13,16-30,57-61H2,1-6H3,(H,62,84)(H,63,75)(H,64,79)(H,65,76)(H,66,82)(H,67,77)(H,68,85)(H,69,83)(H,70,78)(H,71,81)(H,72,80)/t32-,33?,34?,36-,37-,38-,39-,40-,41-,42-,43+,45-,46-/m0/s1. The van der Waals surface area contributed by atoms with Crippen LogP contribution < -0.4 is 87.2 Å². The van der Waals surface area contributed by atoms with E-state index in [0.717, 1.165) is 19.3 Å². The first-order valence-corrected chi connectivity index (χ1v) is 29.5. The van der Waals surface area contributed by atoms with Crippen LogP contribution in [0, 0.1) is 11.8 Å². The highest BCUT2D eigenvalue weighted by molar-refractivity contribution is 5.99. The number of rotatable bonds is 29. The summed E-state index contributed by atoms with van der Waals surface area (Å²) < 4.78 is 0. The second-order valence-corrected chi connectivity index (χ2v) is 22.0. The van der Waals surface area contributed by atoms with E-state index in [1.54, 1.807) is 44.2 Å². The van der Waals surface area contributed by atoms with E-state index >= 15 is 0 Å². The maximum Gasteiger partial charge on any atom is 0.245 e. The molecular weight excluding hydrogens is 1100 g/mol. The summed E-state index contributed by atoms with van der Waals surface area (Å²) in [5.74, 6) is -9.45. The SMILES string of the molecule is CC[C@H](C)CCCCC(=O)N[C@@H](CCN)C(=O)N[C@H](C(=O)N[C@@H](CCN)C(=O)N[C@H]1CCNC(=O)[C@H](C(C)O)NC(=O)[C@H](CCN)NC(=O)[C@H](CCN)NC(=O)[C@H](CC(C)C)NC(=O)[C@@H](Cc2ccccc2)NC(=O)[C@H](CCN)NC1=O)C(C)O. The first kappa shape index (κ1) is 74.2. The number of hydrogen-bond donors (Lipinski definition) is 18. The highest BCUT2D eigenvalue weighted by Crippen LogP contribution is 2.14. The van der Waals surface area contributed by atoms with E-state index in [9.17, 15) is 63.0 Å². The fourth-order valence-electron chi connectivity index (χ4n) is 9.12. The molecule has 13 atom stereocenters. The maximum atomic E-state index is 14.5. The van der Waals surface area contributed by atoms with Crippen LogP contribution in [0.25, 0.3) is 0 Å². The van der Waals surface area contributed by atoms with Crippen LogP contribution in [0.5, 0.6) is 0 Å². The first-order chi connectivity index (χ1) is 40.3. The number of nitrogens with one attached hydrogen (secondary N) is 11. The molecule has 0 aliphatic carbocycles. The molecule has 1 aromatic rings. The molecule has 1 fully saturated rings. The second kappa shape index (κ2) is 39.7. The molecule has 29 nitrogen and oxygen atoms in total. The summed E-state index contributed by atoms with van der Waals surface area (Å²) in [4.78, 5) is 154. The molecular formula is C56H98N16O13. The number of nitrogens with two attached hydrogens (primary N) is 5. The van der Waals surface area contributed by atoms with Gasteiger partial charge >= 0.3 is 0 Å². The zero-order chi connectivity index (χ0) is 63.8. The smallest absolute Gasteiger partial charge is 0.245 e. The van der Waals surface area contributed by atoms with Crippen LogP contribution in [0.15, 0.2) is 30.3 Å². The van der Waals surface area contributed by atoms with Crippen molar-refractivity contribution in [3.05, 3.63) is 35.9 Å². The van der Waals surface area contributed by atoms with Crippen LogP contribution in [-0.2, 0) is 59.2 Å². The first-order valence-electron chi connectivity index (χ1n) is 29.5. The number of carbonyl (C=O) groups is 11. The van der Waals surface area contributed by atoms with Gasteiger partial charge in [-0.3, -0.25) is 52.7 Å². The van der Waals surface area contributed by atoms with Gasteiger partial charge in [-0.1, -0.05) is 77.3 Å². The van der Waals surface area contributed by atoms with E-state index < -0.39 is 151 Å². The molecule has 1 heterocycles. The summed E-state index contributed by atoms with van der Waals surface area (Å²) in [6.07, 6.45) is -1.05. The normalized spacial score (nSPS) is 22.9. The largest absolute Gasteiger partial charge is 0.391 e. The Hall–Kier alpha value is -6.89. The molecule has 29 heteroatoms. The van der Waals surface area contributed by atoms with E-state index in [1.165, 1.54) is 13.8 Å². The monoisotopic (exact) mass is 1200 g/mol. The fourth-order valence-corrected chi connectivity index (χ4v) is 9.12. The van der Waals surface area contributed by atoms with Crippen LogP contribution in [0.2, 0.25) is 0 Å². The third kappa shape index (κ3) is 26.9. The lowest BCUT2D eigenvalue weighted by Gasteiger charge is -2.29. The summed E-state index contributed by atoms with van der Waals surface area (Å²) in [5.41, 5.74) is 29.9. The van der Waals surface area contributed by atoms with Crippen LogP contribution in [0.3, 0.4) is 0 Å². The van der Waals surface area contributed by atoms with E-state index in [1.807, 2.05) is 0 Å². The molecule has 85 heavy (non-hydrogen) atoms. The average molecular weight is 1200 g/mol. The van der Waals surface area contributed by atoms with Crippen molar-refractivity contribution in [2.75, 3.05) is 39.3 Å². The van der Waals surface area contributed by atoms with Crippen molar-refractivity contribution >= 4 is 65.0 Å². The molecule has 0 saturated carbocycles. The fraction of sp³-hybridized carbons (Fsp3) is 0.696. The minimum atomic E-state index is -1.70. The number of carbonyl (C=O) groups excluding carboxylic acids is 11. The van der Waals surface area contributed by atoms with Gasteiger partial charge in [0, 0.05) is 19.4 Å². The molecule has 480 valence electrons. The Morgan fingerprint density at radius 3 is 1.56 bits per heavy atom. The summed E-state index contributed by atoms with van der Waals surface area (Å²) in [7, 11) is 0. The lowest BCUT2D eigenvalue weighted by molar-refractivity contribution is -0.137. The molecule has 2 unspecified atom stereocenters. The van der Waals surface area contributed by atoms with Gasteiger partial charge in [0.1, 0.15) is 60.4 Å². The van der Waals surface area contributed by atoms with Gasteiger partial charge in [-0.25, -0.2) is 0 Å². The molecule has 1 aliphatic rings. The Balaban J connectivity index is 2.67. The van der Waals surface area contributed by atoms with E-state index in [4.69, 9.17) is 28.7 Å². The molecule has 0 radical (unpaired) electrons. The lowest BCUT2D eigenvalue weighted by atomic mass is 10.00. The molecule has 0 bridgehead atoms. The van der Waals surface area contributed by atoms with Crippen LogP contribution in [0.4, 0.5) is 0 Å². The Labute approximate surface area is 498 Å². The topological polar surface area (TPSA) is 491 Å². The molecule has 0 spiro atoms. The number of amides is 11. The quantitative estimate of drug-likeness (QED) is 0.0333. The van der Waals surface area contributed by atoms with Crippen LogP contribution in [-0.4, -0.2) is 187 Å². The van der Waals surface area contributed by atoms with E-state index in [2.05, 4.69) is 72.3 Å². The lowest BCUT2D eigenvalue weighted by Crippen LogP contribution is -2.62. The zero-order valence-electron chi connectivity index (χ0n) is 50.2. The van der Waals surface area contributed by atoms with Crippen molar-refractivity contribution in [3.63, 3.8) is 0 Å². The number of aliphatic hydroxyl groups is 2. The minimum absolute atomic E-state index is 0.0173. The van der Waals surface area contributed by atoms with Gasteiger partial charge in [0.2, 0.25) is 65.0 Å². The Bertz CT molecular complexity index is 2320. The Kier molecular flexibility index (Phi) is 34.6. The minimum Gasteiger partial charge on any atom is -0.391 e. The molecule has 23 N–H and O–H groups in total. The average Bonchev–Trinajstić information content (AvgIpc) is 3.67. The summed E-state index contributed by atoms with van der Waals surface area (Å²) >= 11 is 0. The molecule has 0 aromatic heterocycles. The summed E-state index contributed by atoms with van der Waals surface area (Å²) in [5, 5.41) is 49.7. The highest BCUT2D eigenvalue weighted by atomic mass is 16.3. The Morgan fingerprint density at radius 2 is 1.06 bits per heavy atom. The third-order valence-electron chi connectivity index (χ3n) is 14.3. The summed E-state index contributed by atoms with van der Waals surface area (Å²) in [6.45, 7) is 9.00. The maximum absolute atomic E-state index is 14.5. The molecule has 1 saturated heterocycles. The van der Waals surface area contributed by atoms with Gasteiger partial charge < -0.3 is 97.4 Å². The highest BCUT2D eigenvalue weighted by Gasteiger charge is 2.37. The number of benzene rings is 1. The number of unbranched alkanes of at least 4 members (excludes halogenated alkanes) is 1. The van der Waals surface area contributed by atoms with Crippen molar-refractivity contribution in [2.24, 2.45) is 40.5 Å².